The summed E-state index contributed by atoms with van der Waals surface area (Å²) in [4.78, 5) is 10.5. The lowest BCUT2D eigenvalue weighted by atomic mass is 10.2. The monoisotopic (exact) mass is 171 g/mol. The molecule has 4 heteroatoms. The van der Waals surface area contributed by atoms with E-state index in [0.29, 0.717) is 5.70 Å². The maximum Gasteiger partial charge on any atom is 0.167 e. The number of nitrogens with one attached hydrogen (secondary N) is 3. The summed E-state index contributed by atoms with van der Waals surface area (Å²) >= 11 is 0. The van der Waals surface area contributed by atoms with Gasteiger partial charge in [-0.05, 0) is 7.05 Å². The Morgan fingerprint density at radius 1 is 1.25 bits per heavy atom. The van der Waals surface area contributed by atoms with Gasteiger partial charge in [-0.25, -0.2) is 0 Å². The molecule has 0 amide bonds. The molecular weight excluding hydrogens is 154 g/mol. The highest BCUT2D eigenvalue weighted by Gasteiger charge is 2.00. The molecule has 0 saturated heterocycles. The third kappa shape index (κ3) is 3.39. The van der Waals surface area contributed by atoms with Crippen LogP contribution < -0.4 is 16.0 Å². The molecule has 0 unspecified atom stereocenters. The second kappa shape index (κ2) is 6.67. The van der Waals surface area contributed by atoms with E-state index < -0.39 is 0 Å². The molecule has 70 valence electrons. The number of hydrogen-bond donors (Lipinski definition) is 3. The molecule has 0 aromatic rings. The van der Waals surface area contributed by atoms with Crippen LogP contribution in [0.4, 0.5) is 0 Å². The molecule has 3 N–H and O–H groups in total. The first-order valence-corrected chi connectivity index (χ1v) is 3.98. The normalized spacial score (nSPS) is 11.9. The lowest BCUT2D eigenvalue weighted by molar-refractivity contribution is -0.105. The van der Waals surface area contributed by atoms with Gasteiger partial charge in [-0.2, -0.15) is 0 Å². The summed E-state index contributed by atoms with van der Waals surface area (Å²) in [6.45, 7) is 0.856. The molecule has 0 aromatic heterocycles. The predicted molar refractivity (Wildman–Crippen MR) is 49.8 cm³/mol. The highest BCUT2D eigenvalue weighted by molar-refractivity contribution is 5.73. The van der Waals surface area contributed by atoms with E-state index in [-0.39, 0.29) is 0 Å². The van der Waals surface area contributed by atoms with Crippen LogP contribution >= 0.6 is 0 Å². The van der Waals surface area contributed by atoms with Crippen molar-refractivity contribution in [3.05, 3.63) is 11.4 Å². The Bertz CT molecular complexity index is 166. The number of aldehydes is 1. The van der Waals surface area contributed by atoms with Crippen LogP contribution in [0.2, 0.25) is 0 Å². The first-order chi connectivity index (χ1) is 5.79. The van der Waals surface area contributed by atoms with Gasteiger partial charge in [0.2, 0.25) is 0 Å². The molecule has 0 aromatic carbocycles. The van der Waals surface area contributed by atoms with E-state index in [9.17, 15) is 4.79 Å². The van der Waals surface area contributed by atoms with Crippen molar-refractivity contribution in [3.63, 3.8) is 0 Å². The average molecular weight is 171 g/mol. The molecule has 0 aliphatic rings. The van der Waals surface area contributed by atoms with Gasteiger partial charge < -0.3 is 16.0 Å². The van der Waals surface area contributed by atoms with Crippen LogP contribution in [-0.4, -0.2) is 34.0 Å². The Balaban J connectivity index is 4.24. The first-order valence-electron chi connectivity index (χ1n) is 3.98. The van der Waals surface area contributed by atoms with Crippen molar-refractivity contribution in [1.29, 1.82) is 0 Å². The lowest BCUT2D eigenvalue weighted by Gasteiger charge is -2.09. The van der Waals surface area contributed by atoms with Gasteiger partial charge in [-0.15, -0.1) is 0 Å². The van der Waals surface area contributed by atoms with Gasteiger partial charge in [-0.1, -0.05) is 0 Å². The van der Waals surface area contributed by atoms with Gasteiger partial charge in [-0.3, -0.25) is 4.79 Å². The number of carbonyl (C=O) groups excluding carboxylic acids is 1. The second-order valence-electron chi connectivity index (χ2n) is 2.36. The largest absolute Gasteiger partial charge is 0.390 e. The quantitative estimate of drug-likeness (QED) is 0.370. The minimum absolute atomic E-state index is 0.618. The Morgan fingerprint density at radius 3 is 2.25 bits per heavy atom. The number of rotatable bonds is 6. The van der Waals surface area contributed by atoms with E-state index in [1.807, 2.05) is 14.1 Å². The highest BCUT2D eigenvalue weighted by atomic mass is 16.1. The zero-order valence-corrected chi connectivity index (χ0v) is 7.90. The van der Waals surface area contributed by atoms with Crippen LogP contribution in [0.15, 0.2) is 11.4 Å². The van der Waals surface area contributed by atoms with E-state index in [2.05, 4.69) is 16.0 Å². The number of hydrogen-bond acceptors (Lipinski definition) is 4. The Kier molecular flexibility index (Phi) is 6.09. The Labute approximate surface area is 73.4 Å². The fourth-order valence-electron chi connectivity index (χ4n) is 0.925. The summed E-state index contributed by atoms with van der Waals surface area (Å²) in [5, 5.41) is 8.84. The predicted octanol–water partition coefficient (Wildman–Crippen LogP) is -0.555. The van der Waals surface area contributed by atoms with Crippen molar-refractivity contribution in [3.8, 4) is 0 Å². The Hall–Kier alpha value is -1.03. The van der Waals surface area contributed by atoms with Crippen molar-refractivity contribution < 1.29 is 4.79 Å². The standard InChI is InChI=1S/C8H17N3O/c1-9-5-4-7(10-2)8(6-12)11-3/h6,9-11H,4-5H2,1-3H3/b8-7+. The third-order valence-corrected chi connectivity index (χ3v) is 1.64. The molecule has 0 spiro atoms. The Morgan fingerprint density at radius 2 is 1.92 bits per heavy atom. The second-order valence-corrected chi connectivity index (χ2v) is 2.36. The molecule has 0 rings (SSSR count). The molecule has 0 fully saturated rings. The SMILES string of the molecule is CNCC/C(NC)=C(/C=O)NC. The molecule has 0 saturated carbocycles. The fourth-order valence-corrected chi connectivity index (χ4v) is 0.925. The summed E-state index contributed by atoms with van der Waals surface area (Å²) in [7, 11) is 5.43. The maximum atomic E-state index is 10.5. The molecule has 0 radical (unpaired) electrons. The fraction of sp³-hybridized carbons (Fsp3) is 0.625. The van der Waals surface area contributed by atoms with E-state index in [4.69, 9.17) is 0 Å². The molecule has 12 heavy (non-hydrogen) atoms. The summed E-state index contributed by atoms with van der Waals surface area (Å²) in [6, 6.07) is 0. The van der Waals surface area contributed by atoms with Gasteiger partial charge in [0, 0.05) is 32.8 Å². The molecule has 0 atom stereocenters. The molecule has 0 bridgehead atoms. The molecule has 4 nitrogen and oxygen atoms in total. The van der Waals surface area contributed by atoms with Gasteiger partial charge >= 0.3 is 0 Å². The summed E-state index contributed by atoms with van der Waals surface area (Å²) in [6.07, 6.45) is 1.64. The number of allylic oxidation sites excluding steroid dienone is 1. The number of carbonyl (C=O) groups is 1. The lowest BCUT2D eigenvalue weighted by Crippen LogP contribution is -2.21. The average Bonchev–Trinajstić information content (AvgIpc) is 2.12. The van der Waals surface area contributed by atoms with Crippen molar-refractivity contribution in [2.24, 2.45) is 0 Å². The molecule has 0 heterocycles. The molecule has 0 aliphatic heterocycles. The van der Waals surface area contributed by atoms with Crippen LogP contribution in [0, 0.1) is 0 Å². The third-order valence-electron chi connectivity index (χ3n) is 1.64. The smallest absolute Gasteiger partial charge is 0.167 e. The number of likely N-dealkylation sites (N-methyl/N-ethyl adjacent to an activating group) is 1. The van der Waals surface area contributed by atoms with Crippen molar-refractivity contribution in [1.82, 2.24) is 16.0 Å². The van der Waals surface area contributed by atoms with Crippen LogP contribution in [0.5, 0.6) is 0 Å². The summed E-state index contributed by atoms with van der Waals surface area (Å²) in [5.74, 6) is 0. The van der Waals surface area contributed by atoms with E-state index in [1.165, 1.54) is 0 Å². The highest BCUT2D eigenvalue weighted by Crippen LogP contribution is 1.98. The van der Waals surface area contributed by atoms with Crippen molar-refractivity contribution >= 4 is 6.29 Å². The van der Waals surface area contributed by atoms with Crippen molar-refractivity contribution in [2.75, 3.05) is 27.7 Å². The minimum atomic E-state index is 0.618. The van der Waals surface area contributed by atoms with Gasteiger partial charge in [0.15, 0.2) is 6.29 Å². The minimum Gasteiger partial charge on any atom is -0.390 e. The van der Waals surface area contributed by atoms with Gasteiger partial charge in [0.1, 0.15) is 0 Å². The van der Waals surface area contributed by atoms with Crippen LogP contribution in [-0.2, 0) is 4.79 Å². The van der Waals surface area contributed by atoms with E-state index >= 15 is 0 Å². The van der Waals surface area contributed by atoms with E-state index in [0.717, 1.165) is 24.9 Å². The summed E-state index contributed by atoms with van der Waals surface area (Å²) < 4.78 is 0. The van der Waals surface area contributed by atoms with Gasteiger partial charge in [0.05, 0.1) is 5.70 Å². The molecule has 0 aliphatic carbocycles. The van der Waals surface area contributed by atoms with Crippen molar-refractivity contribution in [2.45, 2.75) is 6.42 Å². The molecular formula is C8H17N3O. The topological polar surface area (TPSA) is 53.2 Å². The zero-order valence-electron chi connectivity index (χ0n) is 7.90. The summed E-state index contributed by atoms with van der Waals surface area (Å²) in [5.41, 5.74) is 1.55. The van der Waals surface area contributed by atoms with Crippen LogP contribution in [0.25, 0.3) is 0 Å². The van der Waals surface area contributed by atoms with Gasteiger partial charge in [0.25, 0.3) is 0 Å². The first kappa shape index (κ1) is 11.0. The van der Waals surface area contributed by atoms with Crippen LogP contribution in [0.3, 0.4) is 0 Å². The zero-order chi connectivity index (χ0) is 9.40. The van der Waals surface area contributed by atoms with Crippen LogP contribution in [0.1, 0.15) is 6.42 Å². The van der Waals surface area contributed by atoms with E-state index in [1.54, 1.807) is 7.05 Å². The maximum absolute atomic E-state index is 10.5.